The molecule has 0 spiro atoms. The van der Waals surface area contributed by atoms with Crippen molar-refractivity contribution >= 4 is 5.91 Å². The maximum Gasteiger partial charge on any atom is 0.451 e. The number of hydrogen-bond acceptors (Lipinski definition) is 5. The summed E-state index contributed by atoms with van der Waals surface area (Å²) in [7, 11) is 1.22. The van der Waals surface area contributed by atoms with Gasteiger partial charge in [-0.05, 0) is 19.3 Å². The van der Waals surface area contributed by atoms with Gasteiger partial charge in [0.15, 0.2) is 5.69 Å². The molecule has 1 aliphatic carbocycles. The number of fused-ring (bicyclic) bond motifs is 1. The van der Waals surface area contributed by atoms with Crippen molar-refractivity contribution < 1.29 is 35.6 Å². The Morgan fingerprint density at radius 1 is 1.19 bits per heavy atom. The molecule has 3 aromatic heterocycles. The summed E-state index contributed by atoms with van der Waals surface area (Å²) < 4.78 is 83.3. The molecule has 14 heteroatoms. The third kappa shape index (κ3) is 4.01. The summed E-state index contributed by atoms with van der Waals surface area (Å²) in [5.41, 5.74) is -0.440. The first-order chi connectivity index (χ1) is 14.4. The van der Waals surface area contributed by atoms with Crippen LogP contribution in [0.2, 0.25) is 0 Å². The summed E-state index contributed by atoms with van der Waals surface area (Å²) in [6, 6.07) is -0.354. The van der Waals surface area contributed by atoms with Crippen LogP contribution >= 0.6 is 0 Å². The van der Waals surface area contributed by atoms with Crippen LogP contribution in [-0.2, 0) is 25.8 Å². The van der Waals surface area contributed by atoms with Crippen LogP contribution in [0.25, 0.3) is 6.01 Å². The number of hydrogen-bond donors (Lipinski definition) is 1. The minimum absolute atomic E-state index is 0.283. The molecule has 166 valence electrons. The Morgan fingerprint density at radius 3 is 2.55 bits per heavy atom. The van der Waals surface area contributed by atoms with Crippen molar-refractivity contribution in [2.75, 3.05) is 0 Å². The van der Waals surface area contributed by atoms with Gasteiger partial charge in [0.05, 0.1) is 17.9 Å². The monoisotopic (exact) mass is 448 g/mol. The van der Waals surface area contributed by atoms with E-state index in [1.54, 1.807) is 0 Å². The molecule has 0 bridgehead atoms. The van der Waals surface area contributed by atoms with Gasteiger partial charge in [-0.15, -0.1) is 0 Å². The molecule has 1 aliphatic rings. The number of amides is 1. The Hall–Kier alpha value is -3.32. The van der Waals surface area contributed by atoms with Crippen molar-refractivity contribution in [3.63, 3.8) is 0 Å². The zero-order valence-corrected chi connectivity index (χ0v) is 15.8. The van der Waals surface area contributed by atoms with E-state index in [1.807, 2.05) is 0 Å². The normalized spacial score (nSPS) is 16.9. The van der Waals surface area contributed by atoms with E-state index in [0.717, 1.165) is 9.36 Å². The van der Waals surface area contributed by atoms with E-state index < -0.39 is 41.8 Å². The average molecular weight is 448 g/mol. The number of halogens is 6. The van der Waals surface area contributed by atoms with E-state index in [1.165, 1.54) is 13.2 Å². The molecule has 8 nitrogen and oxygen atoms in total. The Morgan fingerprint density at radius 2 is 1.94 bits per heavy atom. The van der Waals surface area contributed by atoms with Crippen molar-refractivity contribution in [2.45, 2.75) is 37.7 Å². The highest BCUT2D eigenvalue weighted by Gasteiger charge is 2.37. The van der Waals surface area contributed by atoms with E-state index >= 15 is 0 Å². The number of alkyl halides is 6. The number of rotatable bonds is 3. The smallest absolute Gasteiger partial charge is 0.417 e. The SMILES string of the molecule is Cn1nc(C(F)(F)F)cc1C(=O)N[C@H]1CCCc2nn(-c3ncc(C(F)(F)F)o3)cc21. The van der Waals surface area contributed by atoms with Gasteiger partial charge in [-0.25, -0.2) is 0 Å². The Balaban J connectivity index is 1.57. The highest BCUT2D eigenvalue weighted by Crippen LogP contribution is 2.33. The third-order valence-electron chi connectivity index (χ3n) is 4.78. The molecular weight excluding hydrogens is 434 g/mol. The van der Waals surface area contributed by atoms with E-state index in [-0.39, 0.29) is 5.69 Å². The van der Waals surface area contributed by atoms with Crippen LogP contribution < -0.4 is 5.32 Å². The van der Waals surface area contributed by atoms with Crippen molar-refractivity contribution in [1.82, 2.24) is 29.9 Å². The number of aromatic nitrogens is 5. The molecule has 0 radical (unpaired) electrons. The number of oxazole rings is 1. The highest BCUT2D eigenvalue weighted by molar-refractivity contribution is 5.93. The number of carbonyl (C=O) groups is 1. The van der Waals surface area contributed by atoms with Crippen LogP contribution in [0.1, 0.15) is 52.1 Å². The number of nitrogens with one attached hydrogen (secondary N) is 1. The van der Waals surface area contributed by atoms with Gasteiger partial charge in [-0.2, -0.15) is 46.2 Å². The molecule has 3 aromatic rings. The van der Waals surface area contributed by atoms with Crippen LogP contribution in [0.5, 0.6) is 0 Å². The summed E-state index contributed by atoms with van der Waals surface area (Å²) in [6.07, 6.45) is -5.90. The molecule has 31 heavy (non-hydrogen) atoms. The molecule has 0 saturated carbocycles. The Bertz CT molecular complexity index is 1130. The van der Waals surface area contributed by atoms with Gasteiger partial charge >= 0.3 is 18.4 Å². The average Bonchev–Trinajstić information content (AvgIpc) is 3.38. The van der Waals surface area contributed by atoms with Gasteiger partial charge in [0.25, 0.3) is 5.91 Å². The first kappa shape index (κ1) is 20.9. The van der Waals surface area contributed by atoms with Crippen LogP contribution in [0.4, 0.5) is 26.3 Å². The molecule has 0 aliphatic heterocycles. The van der Waals surface area contributed by atoms with Gasteiger partial charge < -0.3 is 9.73 Å². The van der Waals surface area contributed by atoms with Gasteiger partial charge in [0, 0.05) is 24.9 Å². The fraction of sp³-hybridized carbons (Fsp3) is 0.412. The lowest BCUT2D eigenvalue weighted by Crippen LogP contribution is -2.31. The van der Waals surface area contributed by atoms with Crippen LogP contribution in [0.3, 0.4) is 0 Å². The largest absolute Gasteiger partial charge is 0.451 e. The molecule has 0 aromatic carbocycles. The summed E-state index contributed by atoms with van der Waals surface area (Å²) in [5.74, 6) is -2.05. The second-order valence-corrected chi connectivity index (χ2v) is 6.94. The Labute approximate surface area is 169 Å². The fourth-order valence-electron chi connectivity index (χ4n) is 3.34. The maximum absolute atomic E-state index is 12.8. The topological polar surface area (TPSA) is 90.8 Å². The summed E-state index contributed by atoms with van der Waals surface area (Å²) in [5, 5.41) is 10.1. The second-order valence-electron chi connectivity index (χ2n) is 6.94. The first-order valence-electron chi connectivity index (χ1n) is 8.97. The van der Waals surface area contributed by atoms with Gasteiger partial charge in [-0.3, -0.25) is 9.48 Å². The minimum Gasteiger partial charge on any atom is -0.417 e. The number of carbonyl (C=O) groups excluding carboxylic acids is 1. The van der Waals surface area contributed by atoms with E-state index in [9.17, 15) is 31.1 Å². The predicted molar refractivity (Wildman–Crippen MR) is 90.0 cm³/mol. The third-order valence-corrected chi connectivity index (χ3v) is 4.78. The zero-order chi connectivity index (χ0) is 22.6. The number of aryl methyl sites for hydroxylation is 2. The lowest BCUT2D eigenvalue weighted by molar-refractivity contribution is -0.153. The number of nitrogens with zero attached hydrogens (tertiary/aromatic N) is 5. The highest BCUT2D eigenvalue weighted by atomic mass is 19.4. The summed E-state index contributed by atoms with van der Waals surface area (Å²) in [6.45, 7) is 0. The van der Waals surface area contributed by atoms with E-state index in [2.05, 4.69) is 20.5 Å². The minimum atomic E-state index is -4.70. The molecule has 0 fully saturated rings. The van der Waals surface area contributed by atoms with E-state index in [4.69, 9.17) is 4.42 Å². The lowest BCUT2D eigenvalue weighted by Gasteiger charge is -2.22. The van der Waals surface area contributed by atoms with Crippen molar-refractivity contribution in [2.24, 2.45) is 7.05 Å². The lowest BCUT2D eigenvalue weighted by atomic mass is 9.93. The summed E-state index contributed by atoms with van der Waals surface area (Å²) in [4.78, 5) is 16.1. The molecule has 1 amide bonds. The molecule has 0 unspecified atom stereocenters. The molecule has 1 N–H and O–H groups in total. The van der Waals surface area contributed by atoms with Crippen LogP contribution in [-0.4, -0.2) is 30.5 Å². The predicted octanol–water partition coefficient (Wildman–Crippen LogP) is 3.44. The standard InChI is InChI=1S/C17H14F6N6O2/c1-28-11(5-12(27-28)16(18,19)20)14(30)25-9-3-2-4-10-8(9)7-29(26-10)15-24-6-13(31-15)17(21,22)23/h5-7,9H,2-4H2,1H3,(H,25,30)/t9-/m0/s1. The quantitative estimate of drug-likeness (QED) is 0.620. The molecule has 3 heterocycles. The van der Waals surface area contributed by atoms with Crippen LogP contribution in [0, 0.1) is 0 Å². The molecule has 1 atom stereocenters. The molecule has 4 rings (SSSR count). The summed E-state index contributed by atoms with van der Waals surface area (Å²) >= 11 is 0. The van der Waals surface area contributed by atoms with Crippen LogP contribution in [0.15, 0.2) is 22.9 Å². The van der Waals surface area contributed by atoms with Crippen molar-refractivity contribution in [3.05, 3.63) is 46.9 Å². The van der Waals surface area contributed by atoms with E-state index in [0.29, 0.717) is 42.8 Å². The molecular formula is C17H14F6N6O2. The first-order valence-corrected chi connectivity index (χ1v) is 8.97. The van der Waals surface area contributed by atoms with Gasteiger partial charge in [0.1, 0.15) is 5.69 Å². The second kappa shape index (κ2) is 7.13. The fourth-order valence-corrected chi connectivity index (χ4v) is 3.34. The van der Waals surface area contributed by atoms with Gasteiger partial charge in [0.2, 0.25) is 5.76 Å². The van der Waals surface area contributed by atoms with Crippen molar-refractivity contribution in [1.29, 1.82) is 0 Å². The maximum atomic E-state index is 12.8. The molecule has 0 saturated heterocycles. The zero-order valence-electron chi connectivity index (χ0n) is 15.8. The van der Waals surface area contributed by atoms with Gasteiger partial charge in [-0.1, -0.05) is 0 Å². The Kier molecular flexibility index (Phi) is 4.81. The van der Waals surface area contributed by atoms with Crippen molar-refractivity contribution in [3.8, 4) is 6.01 Å².